The molecule has 4 nitrogen and oxygen atoms in total. The van der Waals surface area contributed by atoms with E-state index in [0.717, 1.165) is 23.0 Å². The van der Waals surface area contributed by atoms with Gasteiger partial charge in [-0.1, -0.05) is 24.3 Å². The highest BCUT2D eigenvalue weighted by molar-refractivity contribution is 5.65. The summed E-state index contributed by atoms with van der Waals surface area (Å²) in [5.41, 5.74) is 3.29. The van der Waals surface area contributed by atoms with Crippen LogP contribution in [0.15, 0.2) is 48.8 Å². The first-order chi connectivity index (χ1) is 10.2. The number of aldehydes is 1. The van der Waals surface area contributed by atoms with Crippen LogP contribution >= 0.6 is 0 Å². The highest BCUT2D eigenvalue weighted by atomic mass is 16.7. The number of methoxy groups -OCH3 is 2. The lowest BCUT2D eigenvalue weighted by atomic mass is 10.0. The summed E-state index contributed by atoms with van der Waals surface area (Å²) in [6, 6.07) is 11.9. The maximum absolute atomic E-state index is 10.4. The molecule has 0 atom stereocenters. The van der Waals surface area contributed by atoms with Crippen LogP contribution in [0.3, 0.4) is 0 Å². The molecule has 1 aromatic carbocycles. The molecule has 2 aromatic rings. The van der Waals surface area contributed by atoms with Crippen LogP contribution in [0.5, 0.6) is 0 Å². The summed E-state index contributed by atoms with van der Waals surface area (Å²) in [7, 11) is 3.21. The number of ether oxygens (including phenoxy) is 2. The van der Waals surface area contributed by atoms with Gasteiger partial charge in [-0.2, -0.15) is 0 Å². The summed E-state index contributed by atoms with van der Waals surface area (Å²) in [6.45, 7) is 1.83. The molecule has 0 saturated heterocycles. The Morgan fingerprint density at radius 2 is 1.76 bits per heavy atom. The molecule has 4 heteroatoms. The molecule has 0 N–H and O–H groups in total. The fraction of sp³-hybridized carbons (Fsp3) is 0.294. The number of carbonyl (C=O) groups excluding carboxylic acids is 1. The van der Waals surface area contributed by atoms with Crippen LogP contribution in [0.4, 0.5) is 0 Å². The molecule has 0 fully saturated rings. The summed E-state index contributed by atoms with van der Waals surface area (Å²) in [5, 5.41) is 0. The minimum atomic E-state index is -0.0648. The van der Waals surface area contributed by atoms with Crippen LogP contribution in [0, 0.1) is 0 Å². The summed E-state index contributed by atoms with van der Waals surface area (Å²) in [6.07, 6.45) is 4.86. The molecule has 2 rings (SSSR count). The fourth-order valence-corrected chi connectivity index (χ4v) is 1.61. The van der Waals surface area contributed by atoms with Crippen LogP contribution < -0.4 is 0 Å². The third-order valence-electron chi connectivity index (χ3n) is 2.92. The normalized spacial score (nSPS) is 9.90. The number of nitrogens with zero attached hydrogens (tertiary/aromatic N) is 1. The van der Waals surface area contributed by atoms with E-state index < -0.39 is 0 Å². The van der Waals surface area contributed by atoms with E-state index >= 15 is 0 Å². The maximum atomic E-state index is 10.4. The lowest BCUT2D eigenvalue weighted by Gasteiger charge is -2.03. The Balaban J connectivity index is 0.000000315. The van der Waals surface area contributed by atoms with Crippen molar-refractivity contribution in [1.29, 1.82) is 0 Å². The van der Waals surface area contributed by atoms with Crippen molar-refractivity contribution < 1.29 is 14.3 Å². The molecule has 0 bridgehead atoms. The number of hydrogen-bond donors (Lipinski definition) is 0. The first-order valence-corrected chi connectivity index (χ1v) is 6.69. The molecular formula is C17H21NO3. The first-order valence-electron chi connectivity index (χ1n) is 6.69. The highest BCUT2D eigenvalue weighted by Gasteiger charge is 1.98. The smallest absolute Gasteiger partial charge is 0.154 e. The van der Waals surface area contributed by atoms with Gasteiger partial charge in [0.25, 0.3) is 0 Å². The molecule has 0 saturated carbocycles. The van der Waals surface area contributed by atoms with Gasteiger partial charge in [-0.25, -0.2) is 0 Å². The molecule has 0 aliphatic heterocycles. The van der Waals surface area contributed by atoms with Gasteiger partial charge in [-0.3, -0.25) is 4.98 Å². The molecule has 0 unspecified atom stereocenters. The van der Waals surface area contributed by atoms with Crippen molar-refractivity contribution in [2.75, 3.05) is 14.2 Å². The van der Waals surface area contributed by atoms with Crippen molar-refractivity contribution in [3.8, 4) is 11.1 Å². The van der Waals surface area contributed by atoms with E-state index in [0.29, 0.717) is 6.42 Å². The summed E-state index contributed by atoms with van der Waals surface area (Å²) < 4.78 is 9.35. The summed E-state index contributed by atoms with van der Waals surface area (Å²) >= 11 is 0. The minimum Gasteiger partial charge on any atom is -0.356 e. The molecule has 21 heavy (non-hydrogen) atoms. The average molecular weight is 287 g/mol. The molecule has 1 aromatic heterocycles. The maximum Gasteiger partial charge on any atom is 0.154 e. The SMILES string of the molecule is COC(C)OC.O=CCc1cccc(-c2ccncc2)c1. The van der Waals surface area contributed by atoms with Crippen LogP contribution in [0.1, 0.15) is 12.5 Å². The van der Waals surface area contributed by atoms with E-state index in [2.05, 4.69) is 14.5 Å². The van der Waals surface area contributed by atoms with Gasteiger partial charge in [0, 0.05) is 33.0 Å². The number of pyridine rings is 1. The van der Waals surface area contributed by atoms with Gasteiger partial charge < -0.3 is 14.3 Å². The largest absolute Gasteiger partial charge is 0.356 e. The van der Waals surface area contributed by atoms with E-state index in [1.807, 2.05) is 43.3 Å². The van der Waals surface area contributed by atoms with Gasteiger partial charge in [-0.15, -0.1) is 0 Å². The second kappa shape index (κ2) is 9.80. The van der Waals surface area contributed by atoms with Gasteiger partial charge in [0.1, 0.15) is 6.29 Å². The quantitative estimate of drug-likeness (QED) is 0.626. The zero-order chi connectivity index (χ0) is 15.5. The van der Waals surface area contributed by atoms with Crippen molar-refractivity contribution >= 4 is 6.29 Å². The van der Waals surface area contributed by atoms with E-state index in [1.165, 1.54) is 0 Å². The molecule has 0 aliphatic carbocycles. The van der Waals surface area contributed by atoms with Gasteiger partial charge in [-0.05, 0) is 35.7 Å². The lowest BCUT2D eigenvalue weighted by Crippen LogP contribution is -2.05. The standard InChI is InChI=1S/C13H11NO.C4H10O2/c15-9-6-11-2-1-3-13(10-11)12-4-7-14-8-5-12;1-4(5-2)6-3/h1-5,7-10H,6H2;4H,1-3H3. The Bertz CT molecular complexity index is 525. The van der Waals surface area contributed by atoms with Crippen LogP contribution in [-0.2, 0) is 20.7 Å². The van der Waals surface area contributed by atoms with Crippen molar-refractivity contribution in [2.24, 2.45) is 0 Å². The number of aromatic nitrogens is 1. The summed E-state index contributed by atoms with van der Waals surface area (Å²) in [4.78, 5) is 14.4. The van der Waals surface area contributed by atoms with Crippen LogP contribution in [-0.4, -0.2) is 31.8 Å². The molecule has 1 heterocycles. The predicted molar refractivity (Wildman–Crippen MR) is 82.9 cm³/mol. The number of carbonyl (C=O) groups is 1. The topological polar surface area (TPSA) is 48.4 Å². The van der Waals surface area contributed by atoms with E-state index in [4.69, 9.17) is 0 Å². The van der Waals surface area contributed by atoms with E-state index in [9.17, 15) is 4.79 Å². The second-order valence-corrected chi connectivity index (χ2v) is 4.35. The van der Waals surface area contributed by atoms with Crippen LogP contribution in [0.2, 0.25) is 0 Å². The van der Waals surface area contributed by atoms with Crippen molar-refractivity contribution in [2.45, 2.75) is 19.6 Å². The number of rotatable bonds is 5. The minimum absolute atomic E-state index is 0.0648. The fourth-order valence-electron chi connectivity index (χ4n) is 1.61. The van der Waals surface area contributed by atoms with Crippen LogP contribution in [0.25, 0.3) is 11.1 Å². The van der Waals surface area contributed by atoms with Crippen molar-refractivity contribution in [3.63, 3.8) is 0 Å². The zero-order valence-corrected chi connectivity index (χ0v) is 12.7. The number of hydrogen-bond acceptors (Lipinski definition) is 4. The monoisotopic (exact) mass is 287 g/mol. The highest BCUT2D eigenvalue weighted by Crippen LogP contribution is 2.19. The molecule has 112 valence electrons. The predicted octanol–water partition coefficient (Wildman–Crippen LogP) is 3.12. The Morgan fingerprint density at radius 3 is 2.29 bits per heavy atom. The zero-order valence-electron chi connectivity index (χ0n) is 12.7. The molecular weight excluding hydrogens is 266 g/mol. The van der Waals surface area contributed by atoms with Crippen molar-refractivity contribution in [1.82, 2.24) is 4.98 Å². The van der Waals surface area contributed by atoms with Gasteiger partial charge in [0.2, 0.25) is 0 Å². The average Bonchev–Trinajstić information content (AvgIpc) is 2.56. The third kappa shape index (κ3) is 6.29. The summed E-state index contributed by atoms with van der Waals surface area (Å²) in [5.74, 6) is 0. The molecule has 0 spiro atoms. The molecule has 0 amide bonds. The van der Waals surface area contributed by atoms with Gasteiger partial charge in [0.15, 0.2) is 6.29 Å². The second-order valence-electron chi connectivity index (χ2n) is 4.35. The third-order valence-corrected chi connectivity index (χ3v) is 2.92. The Hall–Kier alpha value is -2.04. The first kappa shape index (κ1) is 17.0. The molecule has 0 radical (unpaired) electrons. The van der Waals surface area contributed by atoms with E-state index in [1.54, 1.807) is 26.6 Å². The molecule has 0 aliphatic rings. The van der Waals surface area contributed by atoms with E-state index in [-0.39, 0.29) is 6.29 Å². The van der Waals surface area contributed by atoms with Crippen molar-refractivity contribution in [3.05, 3.63) is 54.4 Å². The Labute approximate surface area is 125 Å². The Morgan fingerprint density at radius 1 is 1.10 bits per heavy atom. The Kier molecular flexibility index (Phi) is 7.94. The number of benzene rings is 1. The van der Waals surface area contributed by atoms with Gasteiger partial charge >= 0.3 is 0 Å². The lowest BCUT2D eigenvalue weighted by molar-refractivity contribution is -0.107. The van der Waals surface area contributed by atoms with Gasteiger partial charge in [0.05, 0.1) is 0 Å².